The first kappa shape index (κ1) is 11.6. The zero-order chi connectivity index (χ0) is 12.6. The number of carbonyl (C=O) groups is 2. The molecule has 0 unspecified atom stereocenters. The first-order chi connectivity index (χ1) is 7.94. The molecule has 2 rings (SSSR count). The average Bonchev–Trinajstić information content (AvgIpc) is 2.71. The summed E-state index contributed by atoms with van der Waals surface area (Å²) >= 11 is 0. The van der Waals surface area contributed by atoms with Crippen LogP contribution in [0.15, 0.2) is 12.4 Å². The van der Waals surface area contributed by atoms with Gasteiger partial charge < -0.3 is 5.32 Å². The van der Waals surface area contributed by atoms with Gasteiger partial charge in [-0.15, -0.1) is 0 Å². The molecular formula is C11H16N4O2. The van der Waals surface area contributed by atoms with Gasteiger partial charge in [0, 0.05) is 12.7 Å². The highest BCUT2D eigenvalue weighted by Crippen LogP contribution is 2.20. The Morgan fingerprint density at radius 3 is 2.76 bits per heavy atom. The highest BCUT2D eigenvalue weighted by molar-refractivity contribution is 6.08. The van der Waals surface area contributed by atoms with Gasteiger partial charge in [-0.2, -0.15) is 5.10 Å². The molecule has 1 aromatic heterocycles. The second-order valence-electron chi connectivity index (χ2n) is 4.62. The summed E-state index contributed by atoms with van der Waals surface area (Å²) in [7, 11) is 0. The number of hydrogen-bond donors (Lipinski definition) is 1. The number of carbonyl (C=O) groups excluding carboxylic acids is 2. The van der Waals surface area contributed by atoms with Gasteiger partial charge in [0.25, 0.3) is 5.91 Å². The molecule has 0 spiro atoms. The van der Waals surface area contributed by atoms with Crippen molar-refractivity contribution < 1.29 is 9.59 Å². The molecule has 1 aromatic rings. The third-order valence-corrected chi connectivity index (χ3v) is 2.79. The zero-order valence-corrected chi connectivity index (χ0v) is 10.2. The number of aryl methyl sites for hydroxylation is 1. The highest BCUT2D eigenvalue weighted by atomic mass is 16.2. The lowest BCUT2D eigenvalue weighted by atomic mass is 10.0. The van der Waals surface area contributed by atoms with Gasteiger partial charge in [-0.05, 0) is 20.8 Å². The van der Waals surface area contributed by atoms with Gasteiger partial charge >= 0.3 is 0 Å². The van der Waals surface area contributed by atoms with Crippen LogP contribution >= 0.6 is 0 Å². The van der Waals surface area contributed by atoms with Gasteiger partial charge in [-0.25, -0.2) is 0 Å². The predicted octanol–water partition coefficient (Wildman–Crippen LogP) is 0.144. The van der Waals surface area contributed by atoms with Crippen LogP contribution in [-0.2, 0) is 16.1 Å². The van der Waals surface area contributed by atoms with Gasteiger partial charge in [0.05, 0.1) is 11.9 Å². The molecular weight excluding hydrogens is 220 g/mol. The van der Waals surface area contributed by atoms with Crippen LogP contribution in [0.1, 0.15) is 20.8 Å². The highest BCUT2D eigenvalue weighted by Gasteiger charge is 2.40. The van der Waals surface area contributed by atoms with E-state index >= 15 is 0 Å². The number of amides is 2. The van der Waals surface area contributed by atoms with Crippen molar-refractivity contribution in [3.8, 4) is 0 Å². The number of nitrogens with zero attached hydrogens (tertiary/aromatic N) is 3. The van der Waals surface area contributed by atoms with E-state index in [0.29, 0.717) is 5.69 Å². The van der Waals surface area contributed by atoms with E-state index < -0.39 is 5.54 Å². The first-order valence-corrected chi connectivity index (χ1v) is 5.59. The smallest absolute Gasteiger partial charge is 0.252 e. The van der Waals surface area contributed by atoms with Crippen molar-refractivity contribution in [1.29, 1.82) is 0 Å². The summed E-state index contributed by atoms with van der Waals surface area (Å²) in [5, 5.41) is 6.78. The fourth-order valence-electron chi connectivity index (χ4n) is 1.87. The lowest BCUT2D eigenvalue weighted by Crippen LogP contribution is -2.64. The van der Waals surface area contributed by atoms with E-state index in [2.05, 4.69) is 10.4 Å². The Kier molecular flexibility index (Phi) is 2.65. The number of hydrogen-bond acceptors (Lipinski definition) is 3. The van der Waals surface area contributed by atoms with Gasteiger partial charge in [0.1, 0.15) is 12.1 Å². The Morgan fingerprint density at radius 1 is 1.47 bits per heavy atom. The summed E-state index contributed by atoms with van der Waals surface area (Å²) < 4.78 is 1.72. The van der Waals surface area contributed by atoms with Crippen LogP contribution in [0.5, 0.6) is 0 Å². The monoisotopic (exact) mass is 236 g/mol. The molecule has 17 heavy (non-hydrogen) atoms. The Balaban J connectivity index is 2.30. The van der Waals surface area contributed by atoms with E-state index in [1.54, 1.807) is 30.9 Å². The third kappa shape index (κ3) is 2.02. The molecule has 1 aliphatic rings. The Morgan fingerprint density at radius 2 is 2.18 bits per heavy atom. The second kappa shape index (κ2) is 3.87. The lowest BCUT2D eigenvalue weighted by Gasteiger charge is -2.36. The van der Waals surface area contributed by atoms with Crippen molar-refractivity contribution in [2.75, 3.05) is 11.4 Å². The van der Waals surface area contributed by atoms with Crippen LogP contribution in [-0.4, -0.2) is 33.7 Å². The zero-order valence-electron chi connectivity index (χ0n) is 10.2. The molecule has 6 nitrogen and oxygen atoms in total. The summed E-state index contributed by atoms with van der Waals surface area (Å²) in [5.74, 6) is -0.272. The van der Waals surface area contributed by atoms with Gasteiger partial charge in [0.15, 0.2) is 0 Å². The molecule has 1 fully saturated rings. The molecule has 1 saturated heterocycles. The average molecular weight is 236 g/mol. The molecule has 0 atom stereocenters. The van der Waals surface area contributed by atoms with Crippen molar-refractivity contribution in [3.63, 3.8) is 0 Å². The van der Waals surface area contributed by atoms with E-state index in [9.17, 15) is 9.59 Å². The lowest BCUT2D eigenvalue weighted by molar-refractivity contribution is -0.134. The SMILES string of the molecule is CCn1cc(N2CC(=O)NC(C)(C)C2=O)cn1. The van der Waals surface area contributed by atoms with E-state index in [1.165, 1.54) is 4.90 Å². The van der Waals surface area contributed by atoms with Crippen LogP contribution < -0.4 is 10.2 Å². The van der Waals surface area contributed by atoms with Crippen molar-refractivity contribution >= 4 is 17.5 Å². The van der Waals surface area contributed by atoms with E-state index in [0.717, 1.165) is 6.54 Å². The van der Waals surface area contributed by atoms with Gasteiger partial charge in [-0.1, -0.05) is 0 Å². The minimum absolute atomic E-state index is 0.0532. The normalized spacial score (nSPS) is 19.4. The number of nitrogens with one attached hydrogen (secondary N) is 1. The molecule has 1 aliphatic heterocycles. The largest absolute Gasteiger partial charge is 0.341 e. The fraction of sp³-hybridized carbons (Fsp3) is 0.545. The van der Waals surface area contributed by atoms with Crippen molar-refractivity contribution in [2.45, 2.75) is 32.9 Å². The van der Waals surface area contributed by atoms with E-state index in [4.69, 9.17) is 0 Å². The van der Waals surface area contributed by atoms with Gasteiger partial charge in [-0.3, -0.25) is 19.2 Å². The molecule has 0 bridgehead atoms. The van der Waals surface area contributed by atoms with Crippen molar-refractivity contribution in [3.05, 3.63) is 12.4 Å². The van der Waals surface area contributed by atoms with Gasteiger partial charge in [0.2, 0.25) is 5.91 Å². The van der Waals surface area contributed by atoms with E-state index in [-0.39, 0.29) is 18.4 Å². The van der Waals surface area contributed by atoms with Crippen LogP contribution in [0.2, 0.25) is 0 Å². The van der Waals surface area contributed by atoms with Crippen LogP contribution in [0, 0.1) is 0 Å². The minimum atomic E-state index is -0.857. The van der Waals surface area contributed by atoms with Crippen LogP contribution in [0.4, 0.5) is 5.69 Å². The Labute approximate surface area is 99.6 Å². The molecule has 0 saturated carbocycles. The quantitative estimate of drug-likeness (QED) is 0.794. The number of piperazine rings is 1. The molecule has 2 amide bonds. The first-order valence-electron chi connectivity index (χ1n) is 5.59. The molecule has 2 heterocycles. The molecule has 0 aliphatic carbocycles. The van der Waals surface area contributed by atoms with E-state index in [1.807, 2.05) is 6.92 Å². The van der Waals surface area contributed by atoms with Crippen LogP contribution in [0.25, 0.3) is 0 Å². The molecule has 0 radical (unpaired) electrons. The van der Waals surface area contributed by atoms with Crippen molar-refractivity contribution in [1.82, 2.24) is 15.1 Å². The molecule has 92 valence electrons. The predicted molar refractivity (Wildman–Crippen MR) is 62.5 cm³/mol. The molecule has 1 N–H and O–H groups in total. The summed E-state index contributed by atoms with van der Waals surface area (Å²) in [5.41, 5.74) is -0.191. The number of rotatable bonds is 2. The second-order valence-corrected chi connectivity index (χ2v) is 4.62. The Hall–Kier alpha value is -1.85. The summed E-state index contributed by atoms with van der Waals surface area (Å²) in [4.78, 5) is 25.2. The summed E-state index contributed by atoms with van der Waals surface area (Å²) in [6.45, 7) is 6.15. The molecule has 6 heteroatoms. The number of anilines is 1. The fourth-order valence-corrected chi connectivity index (χ4v) is 1.87. The van der Waals surface area contributed by atoms with Crippen molar-refractivity contribution in [2.24, 2.45) is 0 Å². The summed E-state index contributed by atoms with van der Waals surface area (Å²) in [6, 6.07) is 0. The third-order valence-electron chi connectivity index (χ3n) is 2.79. The Bertz CT molecular complexity index is 464. The minimum Gasteiger partial charge on any atom is -0.341 e. The maximum absolute atomic E-state index is 12.2. The van der Waals surface area contributed by atoms with Crippen LogP contribution in [0.3, 0.4) is 0 Å². The standard InChI is InChI=1S/C11H16N4O2/c1-4-14-6-8(5-12-14)15-7-9(16)13-11(2,3)10(15)17/h5-6H,4,7H2,1-3H3,(H,13,16). The topological polar surface area (TPSA) is 67.2 Å². The summed E-state index contributed by atoms with van der Waals surface area (Å²) in [6.07, 6.45) is 3.38. The number of aromatic nitrogens is 2. The molecule has 0 aromatic carbocycles. The maximum Gasteiger partial charge on any atom is 0.252 e. The maximum atomic E-state index is 12.2.